The first-order valence-corrected chi connectivity index (χ1v) is 8.27. The molecule has 0 bridgehead atoms. The van der Waals surface area contributed by atoms with Crippen LogP contribution >= 0.6 is 23.5 Å². The minimum absolute atomic E-state index is 0.232. The maximum Gasteiger partial charge on any atom is 0.157 e. The van der Waals surface area contributed by atoms with Crippen LogP contribution in [0.15, 0.2) is 4.99 Å². The fourth-order valence-corrected chi connectivity index (χ4v) is 4.29. The van der Waals surface area contributed by atoms with Crippen molar-refractivity contribution >= 4 is 28.7 Å². The van der Waals surface area contributed by atoms with Crippen molar-refractivity contribution in [3.63, 3.8) is 0 Å². The molecule has 0 radical (unpaired) electrons. The Hall–Kier alpha value is 0.170. The highest BCUT2D eigenvalue weighted by Gasteiger charge is 2.36. The normalized spacial score (nSPS) is 29.6. The predicted molar refractivity (Wildman–Crippen MR) is 76.7 cm³/mol. The Kier molecular flexibility index (Phi) is 3.79. The second kappa shape index (κ2) is 4.81. The van der Waals surface area contributed by atoms with E-state index < -0.39 is 0 Å². The summed E-state index contributed by atoms with van der Waals surface area (Å²) in [6.07, 6.45) is 7.53. The van der Waals surface area contributed by atoms with E-state index in [1.54, 1.807) is 0 Å². The smallest absolute Gasteiger partial charge is 0.157 e. The van der Waals surface area contributed by atoms with Crippen LogP contribution in [-0.2, 0) is 0 Å². The summed E-state index contributed by atoms with van der Waals surface area (Å²) < 4.78 is 0.469. The molecule has 1 heterocycles. The van der Waals surface area contributed by atoms with Gasteiger partial charge in [0.25, 0.3) is 0 Å². The number of rotatable bonds is 3. The lowest BCUT2D eigenvalue weighted by Gasteiger charge is -2.39. The van der Waals surface area contributed by atoms with E-state index in [-0.39, 0.29) is 5.54 Å². The van der Waals surface area contributed by atoms with Crippen molar-refractivity contribution in [1.29, 1.82) is 0 Å². The summed E-state index contributed by atoms with van der Waals surface area (Å²) in [5.41, 5.74) is 0.232. The fraction of sp³-hybridized carbons (Fsp3) is 0.917. The lowest BCUT2D eigenvalue weighted by atomic mass is 9.84. The lowest BCUT2D eigenvalue weighted by molar-refractivity contribution is 0.371. The van der Waals surface area contributed by atoms with Crippen molar-refractivity contribution < 1.29 is 0 Å². The first kappa shape index (κ1) is 12.6. The number of thioether (sulfide) groups is 2. The zero-order valence-corrected chi connectivity index (χ0v) is 12.1. The first-order chi connectivity index (χ1) is 7.55. The molecule has 0 aromatic carbocycles. The quantitative estimate of drug-likeness (QED) is 0.841. The maximum absolute atomic E-state index is 4.79. The van der Waals surface area contributed by atoms with Crippen molar-refractivity contribution in [2.24, 2.45) is 4.99 Å². The Bertz CT molecular complexity index is 277. The Morgan fingerprint density at radius 3 is 2.62 bits per heavy atom. The number of amidine groups is 1. The van der Waals surface area contributed by atoms with E-state index in [2.05, 4.69) is 25.4 Å². The minimum atomic E-state index is 0.232. The second-order valence-corrected chi connectivity index (χ2v) is 7.83. The summed E-state index contributed by atoms with van der Waals surface area (Å²) in [6, 6.07) is 0. The molecule has 0 unspecified atom stereocenters. The molecule has 1 aliphatic heterocycles. The molecule has 2 aliphatic rings. The molecule has 2 rings (SSSR count). The molecule has 0 aromatic heterocycles. The average molecular weight is 258 g/mol. The zero-order valence-electron chi connectivity index (χ0n) is 10.5. The van der Waals surface area contributed by atoms with Gasteiger partial charge in [-0.3, -0.25) is 4.99 Å². The molecule has 2 fully saturated rings. The first-order valence-electron chi connectivity index (χ1n) is 6.06. The highest BCUT2D eigenvalue weighted by atomic mass is 32.2. The molecule has 0 atom stereocenters. The molecule has 4 heteroatoms. The van der Waals surface area contributed by atoms with Crippen molar-refractivity contribution in [1.82, 2.24) is 5.32 Å². The monoisotopic (exact) mass is 258 g/mol. The number of nitrogens with zero attached hydrogens (tertiary/aromatic N) is 1. The van der Waals surface area contributed by atoms with E-state index in [0.717, 1.165) is 11.7 Å². The van der Waals surface area contributed by atoms with E-state index in [1.165, 1.54) is 31.4 Å². The van der Waals surface area contributed by atoms with E-state index in [0.29, 0.717) is 4.75 Å². The molecule has 16 heavy (non-hydrogen) atoms. The van der Waals surface area contributed by atoms with Gasteiger partial charge in [-0.25, -0.2) is 0 Å². The molecule has 0 spiro atoms. The molecular formula is C12H22N2S2. The van der Waals surface area contributed by atoms with Gasteiger partial charge in [-0.15, -0.1) is 0 Å². The van der Waals surface area contributed by atoms with Gasteiger partial charge >= 0.3 is 0 Å². The van der Waals surface area contributed by atoms with Crippen LogP contribution < -0.4 is 5.32 Å². The number of hydrogen-bond donors (Lipinski definition) is 1. The van der Waals surface area contributed by atoms with Crippen LogP contribution in [0.5, 0.6) is 0 Å². The molecule has 1 N–H and O–H groups in total. The van der Waals surface area contributed by atoms with Gasteiger partial charge in [-0.1, -0.05) is 18.2 Å². The fourth-order valence-electron chi connectivity index (χ4n) is 2.09. The van der Waals surface area contributed by atoms with Gasteiger partial charge < -0.3 is 5.32 Å². The van der Waals surface area contributed by atoms with E-state index in [9.17, 15) is 0 Å². The molecular weight excluding hydrogens is 236 g/mol. The van der Waals surface area contributed by atoms with Crippen LogP contribution in [0.1, 0.15) is 39.5 Å². The minimum Gasteiger partial charge on any atom is -0.360 e. The largest absolute Gasteiger partial charge is 0.360 e. The number of nitrogens with one attached hydrogen (secondary N) is 1. The van der Waals surface area contributed by atoms with E-state index >= 15 is 0 Å². The van der Waals surface area contributed by atoms with Gasteiger partial charge in [0.15, 0.2) is 5.17 Å². The summed E-state index contributed by atoms with van der Waals surface area (Å²) in [5, 5.41) is 4.70. The highest BCUT2D eigenvalue weighted by molar-refractivity contribution is 8.13. The summed E-state index contributed by atoms with van der Waals surface area (Å²) in [4.78, 5) is 4.79. The Morgan fingerprint density at radius 1 is 1.38 bits per heavy atom. The number of aliphatic imine (C=N–C) groups is 1. The third kappa shape index (κ3) is 2.89. The van der Waals surface area contributed by atoms with Crippen molar-refractivity contribution in [2.45, 2.75) is 49.8 Å². The van der Waals surface area contributed by atoms with E-state index in [1.807, 2.05) is 23.5 Å². The van der Waals surface area contributed by atoms with Gasteiger partial charge in [-0.05, 0) is 39.4 Å². The summed E-state index contributed by atoms with van der Waals surface area (Å²) in [7, 11) is 0. The van der Waals surface area contributed by atoms with Gasteiger partial charge in [0.1, 0.15) is 0 Å². The maximum atomic E-state index is 4.79. The summed E-state index contributed by atoms with van der Waals surface area (Å²) in [5.74, 6) is 1.20. The van der Waals surface area contributed by atoms with Crippen LogP contribution in [0.25, 0.3) is 0 Å². The third-order valence-electron chi connectivity index (χ3n) is 3.62. The topological polar surface area (TPSA) is 24.4 Å². The third-order valence-corrected chi connectivity index (χ3v) is 5.94. The Balaban J connectivity index is 1.91. The van der Waals surface area contributed by atoms with Crippen LogP contribution in [0.2, 0.25) is 0 Å². The van der Waals surface area contributed by atoms with Gasteiger partial charge in [0.2, 0.25) is 0 Å². The molecule has 2 nitrogen and oxygen atoms in total. The lowest BCUT2D eigenvalue weighted by Crippen LogP contribution is -2.47. The van der Waals surface area contributed by atoms with Crippen molar-refractivity contribution in [3.8, 4) is 0 Å². The molecule has 1 aliphatic carbocycles. The average Bonchev–Trinajstić information content (AvgIpc) is 2.15. The van der Waals surface area contributed by atoms with Crippen LogP contribution in [0.3, 0.4) is 0 Å². The Morgan fingerprint density at radius 2 is 2.12 bits per heavy atom. The standard InChI is InChI=1S/C12H22N2S2/c1-11(2)7-8-16-10(14-11)13-9-12(15-3)5-4-6-12/h4-9H2,1-3H3,(H,13,14). The van der Waals surface area contributed by atoms with Crippen molar-refractivity contribution in [2.75, 3.05) is 18.6 Å². The van der Waals surface area contributed by atoms with E-state index in [4.69, 9.17) is 4.99 Å². The van der Waals surface area contributed by atoms with Crippen LogP contribution in [0, 0.1) is 0 Å². The molecule has 0 aromatic rings. The Labute approximate surface area is 107 Å². The molecule has 0 amide bonds. The summed E-state index contributed by atoms with van der Waals surface area (Å²) in [6.45, 7) is 5.52. The molecule has 1 saturated carbocycles. The van der Waals surface area contributed by atoms with Gasteiger partial charge in [-0.2, -0.15) is 11.8 Å². The van der Waals surface area contributed by atoms with Crippen molar-refractivity contribution in [3.05, 3.63) is 0 Å². The highest BCUT2D eigenvalue weighted by Crippen LogP contribution is 2.43. The zero-order chi connectivity index (χ0) is 11.6. The predicted octanol–water partition coefficient (Wildman–Crippen LogP) is 3.13. The van der Waals surface area contributed by atoms with Crippen LogP contribution in [0.4, 0.5) is 0 Å². The summed E-state index contributed by atoms with van der Waals surface area (Å²) >= 11 is 3.88. The number of hydrogen-bond acceptors (Lipinski definition) is 3. The molecule has 1 saturated heterocycles. The van der Waals surface area contributed by atoms with Crippen LogP contribution in [-0.4, -0.2) is 34.0 Å². The van der Waals surface area contributed by atoms with Gasteiger partial charge in [0.05, 0.1) is 6.54 Å². The second-order valence-electron chi connectivity index (χ2n) is 5.47. The molecule has 92 valence electrons. The SMILES string of the molecule is CSC1(CN=C2NC(C)(C)CCS2)CCC1. The van der Waals surface area contributed by atoms with Gasteiger partial charge in [0, 0.05) is 16.0 Å².